The van der Waals surface area contributed by atoms with E-state index in [-0.39, 0.29) is 6.04 Å². The van der Waals surface area contributed by atoms with Crippen molar-refractivity contribution < 1.29 is 0 Å². The summed E-state index contributed by atoms with van der Waals surface area (Å²) >= 11 is 13.5. The molecule has 0 saturated carbocycles. The van der Waals surface area contributed by atoms with E-state index >= 15 is 0 Å². The van der Waals surface area contributed by atoms with E-state index in [4.69, 9.17) is 28.9 Å². The van der Waals surface area contributed by atoms with Gasteiger partial charge in [0.15, 0.2) is 0 Å². The van der Waals surface area contributed by atoms with Gasteiger partial charge >= 0.3 is 0 Å². The first kappa shape index (κ1) is 18.2. The SMILES string of the molecule is N[C@H](CNc1nnc(-c2ccc3[nH]ncc3c2)s1)Cc1ccc(Cl)c(Cl)c1. The maximum Gasteiger partial charge on any atom is 0.206 e. The summed E-state index contributed by atoms with van der Waals surface area (Å²) in [6, 6.07) is 11.5. The van der Waals surface area contributed by atoms with Crippen molar-refractivity contribution in [2.75, 3.05) is 11.9 Å². The van der Waals surface area contributed by atoms with Crippen LogP contribution in [-0.2, 0) is 6.42 Å². The van der Waals surface area contributed by atoms with Gasteiger partial charge in [0.2, 0.25) is 5.13 Å². The van der Waals surface area contributed by atoms with Crippen molar-refractivity contribution in [1.29, 1.82) is 0 Å². The number of hydrogen-bond acceptors (Lipinski definition) is 6. The first-order valence-electron chi connectivity index (χ1n) is 8.29. The van der Waals surface area contributed by atoms with Crippen LogP contribution in [0.15, 0.2) is 42.6 Å². The molecule has 0 spiro atoms. The lowest BCUT2D eigenvalue weighted by atomic mass is 10.1. The van der Waals surface area contributed by atoms with Gasteiger partial charge < -0.3 is 11.1 Å². The molecule has 2 aromatic carbocycles. The fourth-order valence-electron chi connectivity index (χ4n) is 2.75. The average Bonchev–Trinajstić information content (AvgIpc) is 3.31. The molecule has 6 nitrogen and oxygen atoms in total. The largest absolute Gasteiger partial charge is 0.359 e. The quantitative estimate of drug-likeness (QED) is 0.432. The third kappa shape index (κ3) is 4.22. The molecule has 0 saturated heterocycles. The zero-order valence-corrected chi connectivity index (χ0v) is 16.4. The molecule has 0 fully saturated rings. The number of halogens is 2. The number of aromatic amines is 1. The summed E-state index contributed by atoms with van der Waals surface area (Å²) in [4.78, 5) is 0. The molecule has 0 aliphatic rings. The van der Waals surface area contributed by atoms with E-state index in [1.807, 2.05) is 30.3 Å². The Bertz CT molecular complexity index is 1080. The smallest absolute Gasteiger partial charge is 0.206 e. The highest BCUT2D eigenvalue weighted by Crippen LogP contribution is 2.28. The van der Waals surface area contributed by atoms with Crippen LogP contribution in [0.4, 0.5) is 5.13 Å². The Balaban J connectivity index is 1.38. The van der Waals surface area contributed by atoms with Gasteiger partial charge in [-0.2, -0.15) is 5.10 Å². The van der Waals surface area contributed by atoms with Gasteiger partial charge in [0, 0.05) is 23.5 Å². The van der Waals surface area contributed by atoms with E-state index in [2.05, 4.69) is 25.7 Å². The zero-order valence-electron chi connectivity index (χ0n) is 14.1. The van der Waals surface area contributed by atoms with Crippen molar-refractivity contribution in [2.24, 2.45) is 5.73 Å². The van der Waals surface area contributed by atoms with Crippen LogP contribution in [0, 0.1) is 0 Å². The number of anilines is 1. The number of rotatable bonds is 6. The summed E-state index contributed by atoms with van der Waals surface area (Å²) in [6.45, 7) is 0.579. The molecule has 0 aliphatic carbocycles. The minimum absolute atomic E-state index is 0.0862. The zero-order chi connectivity index (χ0) is 18.8. The van der Waals surface area contributed by atoms with Crippen LogP contribution in [0.1, 0.15) is 5.56 Å². The molecular formula is C18H16Cl2N6S. The summed E-state index contributed by atoms with van der Waals surface area (Å²) in [6.07, 6.45) is 2.48. The molecule has 27 heavy (non-hydrogen) atoms. The first-order chi connectivity index (χ1) is 13.1. The van der Waals surface area contributed by atoms with Crippen LogP contribution in [0.25, 0.3) is 21.5 Å². The average molecular weight is 419 g/mol. The molecule has 138 valence electrons. The number of fused-ring (bicyclic) bond motifs is 1. The van der Waals surface area contributed by atoms with E-state index < -0.39 is 0 Å². The van der Waals surface area contributed by atoms with Crippen molar-refractivity contribution in [3.8, 4) is 10.6 Å². The third-order valence-electron chi connectivity index (χ3n) is 4.11. The van der Waals surface area contributed by atoms with Crippen molar-refractivity contribution >= 4 is 50.6 Å². The molecule has 4 aromatic rings. The lowest BCUT2D eigenvalue weighted by Crippen LogP contribution is -2.31. The molecule has 2 heterocycles. The highest BCUT2D eigenvalue weighted by molar-refractivity contribution is 7.18. The van der Waals surface area contributed by atoms with Gasteiger partial charge in [0.1, 0.15) is 5.01 Å². The molecule has 0 unspecified atom stereocenters. The molecule has 4 rings (SSSR count). The number of aromatic nitrogens is 4. The van der Waals surface area contributed by atoms with Gasteiger partial charge in [-0.1, -0.05) is 40.6 Å². The molecule has 2 aromatic heterocycles. The highest BCUT2D eigenvalue weighted by Gasteiger charge is 2.10. The van der Waals surface area contributed by atoms with Crippen molar-refractivity contribution in [2.45, 2.75) is 12.5 Å². The summed E-state index contributed by atoms with van der Waals surface area (Å²) in [5.74, 6) is 0. The number of H-pyrrole nitrogens is 1. The predicted molar refractivity (Wildman–Crippen MR) is 112 cm³/mol. The van der Waals surface area contributed by atoms with Gasteiger partial charge in [-0.3, -0.25) is 5.10 Å². The molecule has 9 heteroatoms. The van der Waals surface area contributed by atoms with E-state index in [9.17, 15) is 0 Å². The fraction of sp³-hybridized carbons (Fsp3) is 0.167. The topological polar surface area (TPSA) is 92.5 Å². The van der Waals surface area contributed by atoms with Crippen LogP contribution in [0.2, 0.25) is 10.0 Å². The number of nitrogens with two attached hydrogens (primary N) is 1. The number of benzene rings is 2. The van der Waals surface area contributed by atoms with Gasteiger partial charge in [0.25, 0.3) is 0 Å². The monoisotopic (exact) mass is 418 g/mol. The lowest BCUT2D eigenvalue weighted by Gasteiger charge is -2.12. The summed E-state index contributed by atoms with van der Waals surface area (Å²) in [7, 11) is 0. The van der Waals surface area contributed by atoms with E-state index in [0.29, 0.717) is 23.0 Å². The maximum absolute atomic E-state index is 6.22. The Morgan fingerprint density at radius 2 is 2.00 bits per heavy atom. The Morgan fingerprint density at radius 1 is 1.11 bits per heavy atom. The maximum atomic E-state index is 6.22. The van der Waals surface area contributed by atoms with Crippen molar-refractivity contribution in [1.82, 2.24) is 20.4 Å². The fourth-order valence-corrected chi connectivity index (χ4v) is 3.81. The standard InChI is InChI=1S/C18H16Cl2N6S/c19-14-3-1-10(6-15(14)20)5-13(21)9-22-18-26-25-17(27-18)11-2-4-16-12(7-11)8-23-24-16/h1-4,6-8,13H,5,9,21H2,(H,22,26)(H,23,24)/t13-/m0/s1. The number of hydrogen-bond donors (Lipinski definition) is 3. The van der Waals surface area contributed by atoms with Gasteiger partial charge in [-0.15, -0.1) is 10.2 Å². The van der Waals surface area contributed by atoms with Crippen molar-refractivity contribution in [3.05, 3.63) is 58.2 Å². The second kappa shape index (κ2) is 7.82. The molecule has 0 aliphatic heterocycles. The van der Waals surface area contributed by atoms with Crippen LogP contribution in [0.3, 0.4) is 0 Å². The Hall–Kier alpha value is -2.19. The molecule has 1 atom stereocenters. The Morgan fingerprint density at radius 3 is 2.85 bits per heavy atom. The molecule has 0 amide bonds. The second-order valence-corrected chi connectivity index (χ2v) is 7.97. The van der Waals surface area contributed by atoms with Crippen LogP contribution < -0.4 is 11.1 Å². The predicted octanol–water partition coefficient (Wildman–Crippen LogP) is 4.37. The normalized spacial score (nSPS) is 12.4. The minimum atomic E-state index is -0.0862. The Kier molecular flexibility index (Phi) is 5.27. The molecule has 4 N–H and O–H groups in total. The minimum Gasteiger partial charge on any atom is -0.359 e. The van der Waals surface area contributed by atoms with E-state index in [1.165, 1.54) is 11.3 Å². The van der Waals surface area contributed by atoms with E-state index in [0.717, 1.165) is 32.2 Å². The Labute approximate surface area is 169 Å². The molecule has 0 radical (unpaired) electrons. The first-order valence-corrected chi connectivity index (χ1v) is 9.86. The van der Waals surface area contributed by atoms with E-state index in [1.54, 1.807) is 12.3 Å². The van der Waals surface area contributed by atoms with Crippen molar-refractivity contribution in [3.63, 3.8) is 0 Å². The van der Waals surface area contributed by atoms with Gasteiger partial charge in [-0.05, 0) is 42.3 Å². The highest BCUT2D eigenvalue weighted by atomic mass is 35.5. The summed E-state index contributed by atoms with van der Waals surface area (Å²) in [5, 5.41) is 22.4. The van der Waals surface area contributed by atoms with Crippen LogP contribution in [0.5, 0.6) is 0 Å². The molecular weight excluding hydrogens is 403 g/mol. The third-order valence-corrected chi connectivity index (χ3v) is 5.78. The second-order valence-electron chi connectivity index (χ2n) is 6.18. The lowest BCUT2D eigenvalue weighted by molar-refractivity contribution is 0.698. The van der Waals surface area contributed by atoms with Crippen LogP contribution >= 0.6 is 34.5 Å². The van der Waals surface area contributed by atoms with Gasteiger partial charge in [-0.25, -0.2) is 0 Å². The van der Waals surface area contributed by atoms with Crippen LogP contribution in [-0.4, -0.2) is 33.0 Å². The number of nitrogens with zero attached hydrogens (tertiary/aromatic N) is 3. The summed E-state index contributed by atoms with van der Waals surface area (Å²) in [5.41, 5.74) is 9.27. The number of nitrogens with one attached hydrogen (secondary N) is 2. The summed E-state index contributed by atoms with van der Waals surface area (Å²) < 4.78 is 0. The van der Waals surface area contributed by atoms with Gasteiger partial charge in [0.05, 0.1) is 21.8 Å². The molecule has 0 bridgehead atoms.